The van der Waals surface area contributed by atoms with Gasteiger partial charge in [0.15, 0.2) is 0 Å². The summed E-state index contributed by atoms with van der Waals surface area (Å²) in [7, 11) is -3.79. The molecule has 0 saturated heterocycles. The Balaban J connectivity index is 1.85. The van der Waals surface area contributed by atoms with Gasteiger partial charge < -0.3 is 15.0 Å². The van der Waals surface area contributed by atoms with E-state index in [0.29, 0.717) is 23.1 Å². The first kappa shape index (κ1) is 27.8. The summed E-state index contributed by atoms with van der Waals surface area (Å²) in [6.45, 7) is 3.69. The molecule has 1 aliphatic rings. The Hall–Kier alpha value is -2.78. The maximum atomic E-state index is 13.6. The number of nitrogens with zero attached hydrogens (tertiary/aromatic N) is 2. The molecule has 0 unspecified atom stereocenters. The van der Waals surface area contributed by atoms with E-state index in [4.69, 9.17) is 16.3 Å². The Morgan fingerprint density at radius 3 is 2.25 bits per heavy atom. The topological polar surface area (TPSA) is 96.0 Å². The molecular formula is C26H34ClN3O5S. The van der Waals surface area contributed by atoms with Crippen LogP contribution in [-0.2, 0) is 26.2 Å². The van der Waals surface area contributed by atoms with Crippen LogP contribution >= 0.6 is 11.6 Å². The molecule has 3 rings (SSSR count). The molecule has 8 nitrogen and oxygen atoms in total. The van der Waals surface area contributed by atoms with Gasteiger partial charge in [0.05, 0.1) is 18.6 Å². The summed E-state index contributed by atoms with van der Waals surface area (Å²) >= 11 is 6.01. The number of hydrogen-bond donors (Lipinski definition) is 1. The van der Waals surface area contributed by atoms with E-state index in [1.165, 1.54) is 4.90 Å². The van der Waals surface area contributed by atoms with Crippen molar-refractivity contribution in [2.75, 3.05) is 23.7 Å². The van der Waals surface area contributed by atoms with E-state index < -0.39 is 28.5 Å². The average Bonchev–Trinajstić information content (AvgIpc) is 3.35. The third kappa shape index (κ3) is 7.61. The summed E-state index contributed by atoms with van der Waals surface area (Å²) in [6, 6.07) is 12.8. The fraction of sp³-hybridized carbons (Fsp3) is 0.462. The maximum Gasteiger partial charge on any atom is 0.244 e. The Kier molecular flexibility index (Phi) is 9.62. The second-order valence-corrected chi connectivity index (χ2v) is 11.4. The van der Waals surface area contributed by atoms with Gasteiger partial charge in [-0.1, -0.05) is 36.6 Å². The van der Waals surface area contributed by atoms with E-state index in [-0.39, 0.29) is 18.5 Å². The molecule has 1 aliphatic carbocycles. The summed E-state index contributed by atoms with van der Waals surface area (Å²) in [5, 5.41) is 3.60. The van der Waals surface area contributed by atoms with E-state index >= 15 is 0 Å². The van der Waals surface area contributed by atoms with Crippen molar-refractivity contribution < 1.29 is 22.7 Å². The predicted molar refractivity (Wildman–Crippen MR) is 142 cm³/mol. The molecule has 0 radical (unpaired) electrons. The maximum absolute atomic E-state index is 13.6. The minimum Gasteiger partial charge on any atom is -0.494 e. The Bertz CT molecular complexity index is 1130. The number of nitrogens with one attached hydrogen (secondary N) is 1. The van der Waals surface area contributed by atoms with Crippen molar-refractivity contribution in [3.8, 4) is 5.75 Å². The largest absolute Gasteiger partial charge is 0.494 e. The van der Waals surface area contributed by atoms with Gasteiger partial charge in [-0.05, 0) is 68.7 Å². The third-order valence-electron chi connectivity index (χ3n) is 6.25. The summed E-state index contributed by atoms with van der Waals surface area (Å²) in [5.41, 5.74) is 1.11. The van der Waals surface area contributed by atoms with E-state index in [0.717, 1.165) is 41.8 Å². The molecule has 2 aromatic carbocycles. The number of hydrogen-bond acceptors (Lipinski definition) is 5. The van der Waals surface area contributed by atoms with Crippen molar-refractivity contribution in [3.05, 3.63) is 59.1 Å². The standard InChI is InChI=1S/C26H34ClN3O5S/c1-4-35-24-15-13-23(14-16-24)30(36(3,33)34)18-25(31)29(17-20-9-11-21(27)12-10-20)19(2)26(32)28-22-7-5-6-8-22/h9-16,19,22H,4-8,17-18H2,1-3H3,(H,28,32)/t19-/m0/s1. The number of benzene rings is 2. The van der Waals surface area contributed by atoms with E-state index in [2.05, 4.69) is 5.32 Å². The van der Waals surface area contributed by atoms with Crippen LogP contribution in [0.1, 0.15) is 45.1 Å². The lowest BCUT2D eigenvalue weighted by molar-refractivity contribution is -0.139. The van der Waals surface area contributed by atoms with Crippen LogP contribution < -0.4 is 14.4 Å². The quantitative estimate of drug-likeness (QED) is 0.469. The number of rotatable bonds is 11. The number of carbonyl (C=O) groups is 2. The molecule has 0 aliphatic heterocycles. The number of carbonyl (C=O) groups excluding carboxylic acids is 2. The van der Waals surface area contributed by atoms with Crippen molar-refractivity contribution in [2.24, 2.45) is 0 Å². The zero-order valence-corrected chi connectivity index (χ0v) is 22.5. The second kappa shape index (κ2) is 12.5. The minimum atomic E-state index is -3.79. The van der Waals surface area contributed by atoms with Gasteiger partial charge in [0.25, 0.3) is 0 Å². The lowest BCUT2D eigenvalue weighted by Crippen LogP contribution is -2.52. The summed E-state index contributed by atoms with van der Waals surface area (Å²) in [4.78, 5) is 28.1. The molecule has 0 heterocycles. The third-order valence-corrected chi connectivity index (χ3v) is 7.64. The molecule has 0 aromatic heterocycles. The first-order chi connectivity index (χ1) is 17.1. The van der Waals surface area contributed by atoms with Crippen LogP contribution in [0, 0.1) is 0 Å². The van der Waals surface area contributed by atoms with Gasteiger partial charge in [-0.3, -0.25) is 13.9 Å². The smallest absolute Gasteiger partial charge is 0.244 e. The lowest BCUT2D eigenvalue weighted by Gasteiger charge is -2.32. The number of anilines is 1. The first-order valence-electron chi connectivity index (χ1n) is 12.1. The molecule has 2 amide bonds. The van der Waals surface area contributed by atoms with Gasteiger partial charge in [-0.15, -0.1) is 0 Å². The number of sulfonamides is 1. The Morgan fingerprint density at radius 1 is 1.08 bits per heavy atom. The highest BCUT2D eigenvalue weighted by molar-refractivity contribution is 7.92. The normalized spacial score (nSPS) is 14.8. The Morgan fingerprint density at radius 2 is 1.69 bits per heavy atom. The van der Waals surface area contributed by atoms with Crippen molar-refractivity contribution in [3.63, 3.8) is 0 Å². The molecule has 1 fully saturated rings. The fourth-order valence-corrected chi connectivity index (χ4v) is 5.23. The minimum absolute atomic E-state index is 0.101. The zero-order chi connectivity index (χ0) is 26.3. The van der Waals surface area contributed by atoms with Crippen LogP contribution in [0.4, 0.5) is 5.69 Å². The highest BCUT2D eigenvalue weighted by atomic mass is 35.5. The van der Waals surface area contributed by atoms with Gasteiger partial charge in [-0.2, -0.15) is 0 Å². The molecule has 0 spiro atoms. The highest BCUT2D eigenvalue weighted by Crippen LogP contribution is 2.23. The fourth-order valence-electron chi connectivity index (χ4n) is 4.25. The number of halogens is 1. The molecule has 36 heavy (non-hydrogen) atoms. The molecule has 1 N–H and O–H groups in total. The van der Waals surface area contributed by atoms with E-state index in [9.17, 15) is 18.0 Å². The summed E-state index contributed by atoms with van der Waals surface area (Å²) in [5.74, 6) is -0.142. The SMILES string of the molecule is CCOc1ccc(N(CC(=O)N(Cc2ccc(Cl)cc2)[C@@H](C)C(=O)NC2CCCC2)S(C)(=O)=O)cc1. The molecule has 10 heteroatoms. The molecule has 196 valence electrons. The first-order valence-corrected chi connectivity index (χ1v) is 14.4. The summed E-state index contributed by atoms with van der Waals surface area (Å²) in [6.07, 6.45) is 5.03. The zero-order valence-electron chi connectivity index (χ0n) is 20.9. The van der Waals surface area contributed by atoms with Crippen LogP contribution in [0.15, 0.2) is 48.5 Å². The summed E-state index contributed by atoms with van der Waals surface area (Å²) < 4.78 is 31.8. The van der Waals surface area contributed by atoms with Crippen LogP contribution in [0.2, 0.25) is 5.02 Å². The van der Waals surface area contributed by atoms with Gasteiger partial charge >= 0.3 is 0 Å². The molecular weight excluding hydrogens is 502 g/mol. The van der Waals surface area contributed by atoms with Gasteiger partial charge in [-0.25, -0.2) is 8.42 Å². The second-order valence-electron chi connectivity index (χ2n) is 9.01. The van der Waals surface area contributed by atoms with E-state index in [1.54, 1.807) is 55.5 Å². The van der Waals surface area contributed by atoms with Crippen molar-refractivity contribution >= 4 is 39.1 Å². The van der Waals surface area contributed by atoms with Gasteiger partial charge in [0, 0.05) is 17.6 Å². The van der Waals surface area contributed by atoms with Gasteiger partial charge in [0.1, 0.15) is 18.3 Å². The van der Waals surface area contributed by atoms with Crippen molar-refractivity contribution in [1.82, 2.24) is 10.2 Å². The average molecular weight is 536 g/mol. The van der Waals surface area contributed by atoms with Crippen molar-refractivity contribution in [2.45, 2.75) is 58.2 Å². The van der Waals surface area contributed by atoms with Gasteiger partial charge in [0.2, 0.25) is 21.8 Å². The Labute approximate surface area is 218 Å². The molecule has 1 atom stereocenters. The van der Waals surface area contributed by atoms with E-state index in [1.807, 2.05) is 6.92 Å². The van der Waals surface area contributed by atoms with Crippen LogP contribution in [0.25, 0.3) is 0 Å². The van der Waals surface area contributed by atoms with Crippen molar-refractivity contribution in [1.29, 1.82) is 0 Å². The molecule has 1 saturated carbocycles. The number of amides is 2. The molecule has 0 bridgehead atoms. The molecule has 2 aromatic rings. The highest BCUT2D eigenvalue weighted by Gasteiger charge is 2.31. The monoisotopic (exact) mass is 535 g/mol. The number of ether oxygens (including phenoxy) is 1. The van der Waals surface area contributed by atoms with Crippen LogP contribution in [0.3, 0.4) is 0 Å². The van der Waals surface area contributed by atoms with Crippen LogP contribution in [-0.4, -0.2) is 56.6 Å². The predicted octanol–water partition coefficient (Wildman–Crippen LogP) is 3.98. The van der Waals surface area contributed by atoms with Crippen LogP contribution in [0.5, 0.6) is 5.75 Å². The lowest BCUT2D eigenvalue weighted by atomic mass is 10.1.